The predicted octanol–water partition coefficient (Wildman–Crippen LogP) is 10.2. The van der Waals surface area contributed by atoms with Gasteiger partial charge < -0.3 is 24.0 Å². The zero-order valence-corrected chi connectivity index (χ0v) is 31.8. The van der Waals surface area contributed by atoms with Gasteiger partial charge in [0.1, 0.15) is 6.61 Å². The van der Waals surface area contributed by atoms with Crippen molar-refractivity contribution >= 4 is 19.8 Å². The molecule has 0 aromatic heterocycles. The molecule has 0 spiro atoms. The Bertz CT molecular complexity index is 972. The van der Waals surface area contributed by atoms with Gasteiger partial charge in [0.05, 0.1) is 18.8 Å². The third-order valence-corrected chi connectivity index (χ3v) is 8.98. The average Bonchev–Trinajstić information content (AvgIpc) is 3.80. The van der Waals surface area contributed by atoms with Gasteiger partial charge in [-0.15, -0.1) is 0 Å². The average molecular weight is 713 g/mol. The number of carbonyl (C=O) groups is 2. The normalized spacial score (nSPS) is 17.1. The number of carbonyl (C=O) groups excluding carboxylic acids is 2. The number of hydrogen-bond acceptors (Lipinski definition) is 7. The van der Waals surface area contributed by atoms with E-state index < -0.39 is 32.5 Å². The summed E-state index contributed by atoms with van der Waals surface area (Å²) in [4.78, 5) is 42.8. The molecule has 2 unspecified atom stereocenters. The maximum absolute atomic E-state index is 12.4. The Balaban J connectivity index is 2.14. The van der Waals surface area contributed by atoms with Gasteiger partial charge in [0.2, 0.25) is 0 Å². The fraction of sp³-hybridized carbons (Fsp3) is 0.795. The van der Waals surface area contributed by atoms with Crippen LogP contribution in [0.4, 0.5) is 0 Å². The van der Waals surface area contributed by atoms with E-state index in [0.717, 1.165) is 57.3 Å². The van der Waals surface area contributed by atoms with E-state index in [1.165, 1.54) is 64.2 Å². The number of phosphoric acid groups is 1. The summed E-state index contributed by atoms with van der Waals surface area (Å²) in [6, 6.07) is 0. The van der Waals surface area contributed by atoms with Crippen LogP contribution in [0.1, 0.15) is 162 Å². The summed E-state index contributed by atoms with van der Waals surface area (Å²) in [7, 11) is -4.77. The van der Waals surface area contributed by atoms with E-state index in [1.807, 2.05) is 6.08 Å². The molecule has 49 heavy (non-hydrogen) atoms. The van der Waals surface area contributed by atoms with E-state index in [1.54, 1.807) is 0 Å². The lowest BCUT2D eigenvalue weighted by Crippen LogP contribution is -2.29. The molecule has 1 aliphatic rings. The molecular formula is C39H69O9P. The van der Waals surface area contributed by atoms with Crippen LogP contribution in [0, 0.1) is 5.92 Å². The Kier molecular flexibility index (Phi) is 27.6. The first-order valence-electron chi connectivity index (χ1n) is 19.3. The second-order valence-electron chi connectivity index (χ2n) is 13.8. The largest absolute Gasteiger partial charge is 0.469 e. The summed E-state index contributed by atoms with van der Waals surface area (Å²) >= 11 is 0. The number of hydrogen-bond donors (Lipinski definition) is 2. The van der Waals surface area contributed by atoms with Crippen molar-refractivity contribution in [3.05, 3.63) is 36.5 Å². The Morgan fingerprint density at radius 2 is 1.24 bits per heavy atom. The molecule has 1 fully saturated rings. The van der Waals surface area contributed by atoms with Gasteiger partial charge in [-0.25, -0.2) is 4.57 Å². The molecule has 0 aliphatic carbocycles. The minimum atomic E-state index is -4.77. The molecule has 10 heteroatoms. The van der Waals surface area contributed by atoms with Crippen LogP contribution in [0.25, 0.3) is 0 Å². The van der Waals surface area contributed by atoms with Gasteiger partial charge in [0.25, 0.3) is 0 Å². The number of rotatable bonds is 33. The van der Waals surface area contributed by atoms with E-state index in [4.69, 9.17) is 24.0 Å². The van der Waals surface area contributed by atoms with Crippen LogP contribution in [-0.2, 0) is 32.9 Å². The molecule has 1 heterocycles. The maximum atomic E-state index is 12.4. The molecule has 3 atom stereocenters. The SMILES string of the molecule is CCCCC/C=C\C/C=C\CC1OC1C/C=C\CCCC(=O)OC[C@H](COP(=O)(O)O)OC(=O)CCCCCCCCCCCCC(C)C. The molecule has 2 N–H and O–H groups in total. The summed E-state index contributed by atoms with van der Waals surface area (Å²) in [5.41, 5.74) is 0. The van der Waals surface area contributed by atoms with Gasteiger partial charge in [0.15, 0.2) is 6.10 Å². The summed E-state index contributed by atoms with van der Waals surface area (Å²) < 4.78 is 32.0. The van der Waals surface area contributed by atoms with Gasteiger partial charge in [0, 0.05) is 12.8 Å². The summed E-state index contributed by atoms with van der Waals surface area (Å²) in [6.07, 6.45) is 34.7. The molecule has 0 radical (unpaired) electrons. The molecule has 9 nitrogen and oxygen atoms in total. The van der Waals surface area contributed by atoms with Crippen molar-refractivity contribution in [2.75, 3.05) is 13.2 Å². The van der Waals surface area contributed by atoms with Gasteiger partial charge in [-0.2, -0.15) is 0 Å². The van der Waals surface area contributed by atoms with Crippen LogP contribution in [0.3, 0.4) is 0 Å². The molecule has 0 saturated carbocycles. The van der Waals surface area contributed by atoms with Crippen molar-refractivity contribution in [1.29, 1.82) is 0 Å². The highest BCUT2D eigenvalue weighted by atomic mass is 31.2. The highest BCUT2D eigenvalue weighted by molar-refractivity contribution is 7.46. The summed E-state index contributed by atoms with van der Waals surface area (Å²) in [5, 5.41) is 0. The number of allylic oxidation sites excluding steroid dienone is 4. The van der Waals surface area contributed by atoms with E-state index in [-0.39, 0.29) is 31.7 Å². The van der Waals surface area contributed by atoms with Gasteiger partial charge in [-0.05, 0) is 57.3 Å². The van der Waals surface area contributed by atoms with Crippen LogP contribution >= 0.6 is 7.82 Å². The van der Waals surface area contributed by atoms with E-state index >= 15 is 0 Å². The zero-order chi connectivity index (χ0) is 36.0. The fourth-order valence-corrected chi connectivity index (χ4v) is 5.83. The van der Waals surface area contributed by atoms with Crippen molar-refractivity contribution in [2.24, 2.45) is 5.92 Å². The molecule has 0 amide bonds. The van der Waals surface area contributed by atoms with Crippen LogP contribution in [-0.4, -0.2) is 53.3 Å². The van der Waals surface area contributed by atoms with Crippen LogP contribution in [0.5, 0.6) is 0 Å². The van der Waals surface area contributed by atoms with Crippen molar-refractivity contribution in [3.8, 4) is 0 Å². The lowest BCUT2D eigenvalue weighted by atomic mass is 10.0. The van der Waals surface area contributed by atoms with Crippen LogP contribution in [0.15, 0.2) is 36.5 Å². The Morgan fingerprint density at radius 3 is 1.88 bits per heavy atom. The number of epoxide rings is 1. The third kappa shape index (κ3) is 30.8. The predicted molar refractivity (Wildman–Crippen MR) is 197 cm³/mol. The molecular weight excluding hydrogens is 643 g/mol. The minimum Gasteiger partial charge on any atom is -0.462 e. The van der Waals surface area contributed by atoms with Gasteiger partial charge >= 0.3 is 19.8 Å². The molecule has 0 aromatic carbocycles. The Hall–Kier alpha value is -1.77. The quantitative estimate of drug-likeness (QED) is 0.0224. The number of esters is 2. The molecule has 284 valence electrons. The zero-order valence-electron chi connectivity index (χ0n) is 30.9. The summed E-state index contributed by atoms with van der Waals surface area (Å²) in [5.74, 6) is -0.167. The number of unbranched alkanes of at least 4 members (excludes halogenated alkanes) is 13. The van der Waals surface area contributed by atoms with Crippen molar-refractivity contribution in [1.82, 2.24) is 0 Å². The van der Waals surface area contributed by atoms with E-state index in [2.05, 4.69) is 55.7 Å². The molecule has 0 aromatic rings. The van der Waals surface area contributed by atoms with Crippen LogP contribution in [0.2, 0.25) is 0 Å². The highest BCUT2D eigenvalue weighted by Crippen LogP contribution is 2.36. The maximum Gasteiger partial charge on any atom is 0.469 e. The van der Waals surface area contributed by atoms with Gasteiger partial charge in [-0.3, -0.25) is 14.1 Å². The Labute approximate surface area is 297 Å². The topological polar surface area (TPSA) is 132 Å². The first-order valence-corrected chi connectivity index (χ1v) is 20.8. The van der Waals surface area contributed by atoms with Gasteiger partial charge in [-0.1, -0.05) is 134 Å². The fourth-order valence-electron chi connectivity index (χ4n) is 5.47. The molecule has 0 bridgehead atoms. The monoisotopic (exact) mass is 712 g/mol. The first kappa shape index (κ1) is 45.3. The second-order valence-corrected chi connectivity index (χ2v) is 15.0. The molecule has 1 aliphatic heterocycles. The number of phosphoric ester groups is 1. The lowest BCUT2D eigenvalue weighted by molar-refractivity contribution is -0.161. The lowest BCUT2D eigenvalue weighted by Gasteiger charge is -2.18. The van der Waals surface area contributed by atoms with Crippen LogP contribution < -0.4 is 0 Å². The van der Waals surface area contributed by atoms with Crippen molar-refractivity contribution in [3.63, 3.8) is 0 Å². The standard InChI is InChI=1S/C39H69O9P/c1-4-5-6-7-8-11-15-18-23-28-36-37(48-36)29-24-20-21-25-30-38(40)45-32-35(33-46-49(42,43)44)47-39(41)31-26-19-16-13-10-9-12-14-17-22-27-34(2)3/h8,11,18,20,23-24,34-37H,4-7,9-10,12-17,19,21-22,25-33H2,1-3H3,(H2,42,43,44)/b11-8-,23-18-,24-20-/t35-,36?,37?/m1/s1. The second kappa shape index (κ2) is 29.9. The molecule has 1 rings (SSSR count). The van der Waals surface area contributed by atoms with Crippen molar-refractivity contribution in [2.45, 2.75) is 180 Å². The Morgan fingerprint density at radius 1 is 0.694 bits per heavy atom. The minimum absolute atomic E-state index is 0.183. The highest BCUT2D eigenvalue weighted by Gasteiger charge is 2.36. The summed E-state index contributed by atoms with van der Waals surface area (Å²) in [6.45, 7) is 5.89. The third-order valence-electron chi connectivity index (χ3n) is 8.49. The van der Waals surface area contributed by atoms with E-state index in [0.29, 0.717) is 12.8 Å². The first-order chi connectivity index (χ1) is 23.6. The van der Waals surface area contributed by atoms with Crippen molar-refractivity contribution < 1.29 is 42.7 Å². The number of ether oxygens (including phenoxy) is 3. The van der Waals surface area contributed by atoms with E-state index in [9.17, 15) is 14.2 Å². The molecule has 1 saturated heterocycles. The smallest absolute Gasteiger partial charge is 0.462 e.